The van der Waals surface area contributed by atoms with Crippen molar-refractivity contribution in [1.29, 1.82) is 5.26 Å². The highest BCUT2D eigenvalue weighted by Crippen LogP contribution is 2.16. The van der Waals surface area contributed by atoms with Gasteiger partial charge in [0, 0.05) is 22.7 Å². The Labute approximate surface area is 133 Å². The Bertz CT molecular complexity index is 890. The molecule has 0 aliphatic rings. The largest absolute Gasteiger partial charge is 0.361 e. The smallest absolute Gasteiger partial charge is 0.261 e. The van der Waals surface area contributed by atoms with E-state index in [0.29, 0.717) is 5.56 Å². The molecule has 2 aromatic carbocycles. The van der Waals surface area contributed by atoms with Crippen molar-refractivity contribution in [2.75, 3.05) is 0 Å². The number of para-hydroxylation sites is 1. The van der Waals surface area contributed by atoms with Crippen LogP contribution in [0.25, 0.3) is 10.9 Å². The molecule has 23 heavy (non-hydrogen) atoms. The first kappa shape index (κ1) is 14.5. The first-order valence-corrected chi connectivity index (χ1v) is 7.13. The Hall–Kier alpha value is -3.39. The van der Waals surface area contributed by atoms with Crippen LogP contribution in [0.15, 0.2) is 65.9 Å². The second kappa shape index (κ2) is 6.58. The van der Waals surface area contributed by atoms with Crippen LogP contribution in [0, 0.1) is 11.3 Å². The number of nitrogens with one attached hydrogen (secondary N) is 2. The Morgan fingerprint density at radius 1 is 1.17 bits per heavy atom. The first-order chi connectivity index (χ1) is 11.3. The van der Waals surface area contributed by atoms with Crippen LogP contribution >= 0.6 is 0 Å². The minimum Gasteiger partial charge on any atom is -0.361 e. The van der Waals surface area contributed by atoms with E-state index >= 15 is 0 Å². The van der Waals surface area contributed by atoms with Crippen LogP contribution in [0.3, 0.4) is 0 Å². The van der Waals surface area contributed by atoms with E-state index in [-0.39, 0.29) is 0 Å². The summed E-state index contributed by atoms with van der Waals surface area (Å²) in [5.74, 6) is -1.33. The molecule has 0 unspecified atom stereocenters. The van der Waals surface area contributed by atoms with Crippen molar-refractivity contribution in [3.05, 3.63) is 71.9 Å². The number of rotatable bonds is 4. The molecule has 1 aromatic heterocycles. The SMILES string of the molecule is N#C[C@@H](C(=O)N/N=C\c1c[nH]c2ccccc12)c1ccccc1. The van der Waals surface area contributed by atoms with E-state index in [1.165, 1.54) is 0 Å². The number of benzene rings is 2. The lowest BCUT2D eigenvalue weighted by Gasteiger charge is -2.06. The van der Waals surface area contributed by atoms with Crippen molar-refractivity contribution in [1.82, 2.24) is 10.4 Å². The van der Waals surface area contributed by atoms with Crippen molar-refractivity contribution in [3.8, 4) is 6.07 Å². The second-order valence-corrected chi connectivity index (χ2v) is 5.00. The maximum absolute atomic E-state index is 12.1. The van der Waals surface area contributed by atoms with E-state index < -0.39 is 11.8 Å². The van der Waals surface area contributed by atoms with E-state index in [0.717, 1.165) is 16.5 Å². The Morgan fingerprint density at radius 2 is 1.91 bits per heavy atom. The molecule has 5 heteroatoms. The number of H-pyrrole nitrogens is 1. The Kier molecular flexibility index (Phi) is 4.16. The van der Waals surface area contributed by atoms with Gasteiger partial charge in [0.25, 0.3) is 5.91 Å². The number of carbonyl (C=O) groups is 1. The molecule has 3 rings (SSSR count). The number of nitrogens with zero attached hydrogens (tertiary/aromatic N) is 2. The topological polar surface area (TPSA) is 81.0 Å². The highest BCUT2D eigenvalue weighted by Gasteiger charge is 2.19. The van der Waals surface area contributed by atoms with E-state index in [2.05, 4.69) is 15.5 Å². The minimum atomic E-state index is -0.878. The van der Waals surface area contributed by atoms with Crippen LogP contribution in [-0.2, 0) is 4.79 Å². The molecule has 1 amide bonds. The zero-order valence-electron chi connectivity index (χ0n) is 12.2. The lowest BCUT2D eigenvalue weighted by atomic mass is 10.0. The maximum Gasteiger partial charge on any atom is 0.261 e. The fourth-order valence-electron chi connectivity index (χ4n) is 2.36. The summed E-state index contributed by atoms with van der Waals surface area (Å²) in [6.45, 7) is 0. The molecule has 0 spiro atoms. The molecule has 0 fully saturated rings. The van der Waals surface area contributed by atoms with Crippen molar-refractivity contribution in [2.24, 2.45) is 5.10 Å². The van der Waals surface area contributed by atoms with Gasteiger partial charge in [-0.05, 0) is 11.6 Å². The molecule has 112 valence electrons. The molecule has 0 bridgehead atoms. The number of hydrazone groups is 1. The zero-order chi connectivity index (χ0) is 16.1. The predicted octanol–water partition coefficient (Wildman–Crippen LogP) is 2.93. The highest BCUT2D eigenvalue weighted by molar-refractivity contribution is 5.99. The minimum absolute atomic E-state index is 0.449. The number of hydrogen-bond acceptors (Lipinski definition) is 3. The molecule has 0 radical (unpaired) electrons. The second-order valence-electron chi connectivity index (χ2n) is 5.00. The molecule has 0 saturated carbocycles. The van der Waals surface area contributed by atoms with Crippen LogP contribution < -0.4 is 5.43 Å². The normalized spacial score (nSPS) is 12.1. The third-order valence-electron chi connectivity index (χ3n) is 3.52. The third-order valence-corrected chi connectivity index (χ3v) is 3.52. The van der Waals surface area contributed by atoms with Gasteiger partial charge >= 0.3 is 0 Å². The number of hydrogen-bond donors (Lipinski definition) is 2. The van der Waals surface area contributed by atoms with Crippen LogP contribution in [-0.4, -0.2) is 17.1 Å². The lowest BCUT2D eigenvalue weighted by molar-refractivity contribution is -0.121. The van der Waals surface area contributed by atoms with Gasteiger partial charge in [0.15, 0.2) is 5.92 Å². The number of carbonyl (C=O) groups excluding carboxylic acids is 1. The zero-order valence-corrected chi connectivity index (χ0v) is 12.2. The van der Waals surface area contributed by atoms with Crippen molar-refractivity contribution in [3.63, 3.8) is 0 Å². The number of nitriles is 1. The van der Waals surface area contributed by atoms with Crippen LogP contribution in [0.2, 0.25) is 0 Å². The van der Waals surface area contributed by atoms with Gasteiger partial charge in [-0.1, -0.05) is 48.5 Å². The summed E-state index contributed by atoms with van der Waals surface area (Å²) in [5, 5.41) is 14.2. The summed E-state index contributed by atoms with van der Waals surface area (Å²) in [7, 11) is 0. The molecule has 0 saturated heterocycles. The monoisotopic (exact) mass is 302 g/mol. The Morgan fingerprint density at radius 3 is 2.70 bits per heavy atom. The third kappa shape index (κ3) is 3.11. The highest BCUT2D eigenvalue weighted by atomic mass is 16.2. The predicted molar refractivity (Wildman–Crippen MR) is 88.8 cm³/mol. The quantitative estimate of drug-likeness (QED) is 0.574. The van der Waals surface area contributed by atoms with Gasteiger partial charge in [-0.15, -0.1) is 0 Å². The van der Waals surface area contributed by atoms with E-state index in [1.54, 1.807) is 30.5 Å². The first-order valence-electron chi connectivity index (χ1n) is 7.13. The standard InChI is InChI=1S/C18H14N4O/c19-10-16(13-6-2-1-3-7-13)18(23)22-21-12-14-11-20-17-9-5-4-8-15(14)17/h1-9,11-12,16,20H,(H,22,23)/b21-12-/t16-/m1/s1. The van der Waals surface area contributed by atoms with Crippen LogP contribution in [0.5, 0.6) is 0 Å². The molecule has 2 N–H and O–H groups in total. The fraction of sp³-hybridized carbons (Fsp3) is 0.0556. The average molecular weight is 302 g/mol. The maximum atomic E-state index is 12.1. The summed E-state index contributed by atoms with van der Waals surface area (Å²) < 4.78 is 0. The van der Waals surface area contributed by atoms with E-state index in [1.807, 2.05) is 42.6 Å². The number of aromatic nitrogens is 1. The molecule has 1 atom stereocenters. The molecule has 0 aliphatic carbocycles. The molecule has 5 nitrogen and oxygen atoms in total. The Balaban J connectivity index is 1.72. The van der Waals surface area contributed by atoms with Crippen LogP contribution in [0.4, 0.5) is 0 Å². The summed E-state index contributed by atoms with van der Waals surface area (Å²) in [6.07, 6.45) is 3.38. The van der Waals surface area contributed by atoms with E-state index in [9.17, 15) is 10.1 Å². The van der Waals surface area contributed by atoms with Gasteiger partial charge in [0.2, 0.25) is 0 Å². The summed E-state index contributed by atoms with van der Waals surface area (Å²) in [4.78, 5) is 15.2. The average Bonchev–Trinajstić information content (AvgIpc) is 3.00. The van der Waals surface area contributed by atoms with Gasteiger partial charge in [0.1, 0.15) is 0 Å². The van der Waals surface area contributed by atoms with Crippen molar-refractivity contribution in [2.45, 2.75) is 5.92 Å². The van der Waals surface area contributed by atoms with E-state index in [4.69, 9.17) is 0 Å². The van der Waals surface area contributed by atoms with Crippen molar-refractivity contribution < 1.29 is 4.79 Å². The molecular formula is C18H14N4O. The summed E-state index contributed by atoms with van der Waals surface area (Å²) in [5.41, 5.74) is 4.95. The summed E-state index contributed by atoms with van der Waals surface area (Å²) >= 11 is 0. The fourth-order valence-corrected chi connectivity index (χ4v) is 2.36. The lowest BCUT2D eigenvalue weighted by Crippen LogP contribution is -2.24. The van der Waals surface area contributed by atoms with Crippen molar-refractivity contribution >= 4 is 23.0 Å². The summed E-state index contributed by atoms with van der Waals surface area (Å²) in [6, 6.07) is 18.7. The van der Waals surface area contributed by atoms with Gasteiger partial charge < -0.3 is 4.98 Å². The van der Waals surface area contributed by atoms with Crippen LogP contribution in [0.1, 0.15) is 17.0 Å². The van der Waals surface area contributed by atoms with Gasteiger partial charge in [0.05, 0.1) is 12.3 Å². The van der Waals surface area contributed by atoms with Gasteiger partial charge in [-0.25, -0.2) is 5.43 Å². The molecular weight excluding hydrogens is 288 g/mol. The molecule has 1 heterocycles. The number of aromatic amines is 1. The number of amides is 1. The molecule has 0 aliphatic heterocycles. The number of fused-ring (bicyclic) bond motifs is 1. The molecule has 3 aromatic rings. The van der Waals surface area contributed by atoms with Gasteiger partial charge in [-0.3, -0.25) is 4.79 Å². The van der Waals surface area contributed by atoms with Gasteiger partial charge in [-0.2, -0.15) is 10.4 Å².